The predicted octanol–water partition coefficient (Wildman–Crippen LogP) is 2.54. The Labute approximate surface area is 173 Å². The van der Waals surface area contributed by atoms with Crippen molar-refractivity contribution in [3.63, 3.8) is 0 Å². The highest BCUT2D eigenvalue weighted by atomic mass is 35.5. The number of halogens is 1. The predicted molar refractivity (Wildman–Crippen MR) is 112 cm³/mol. The molecule has 7 nitrogen and oxygen atoms in total. The molecule has 4 rings (SSSR count). The van der Waals surface area contributed by atoms with Crippen LogP contribution in [0.15, 0.2) is 59.7 Å². The molecular formula is C21H19ClN6O. The second kappa shape index (κ2) is 8.33. The molecule has 0 atom stereocenters. The lowest BCUT2D eigenvalue weighted by Crippen LogP contribution is -2.47. The van der Waals surface area contributed by atoms with Crippen molar-refractivity contribution in [3.8, 4) is 6.07 Å². The van der Waals surface area contributed by atoms with Gasteiger partial charge in [0, 0.05) is 32.4 Å². The Morgan fingerprint density at radius 3 is 2.48 bits per heavy atom. The quantitative estimate of drug-likeness (QED) is 0.662. The molecule has 0 aliphatic carbocycles. The van der Waals surface area contributed by atoms with Gasteiger partial charge in [-0.3, -0.25) is 4.79 Å². The van der Waals surface area contributed by atoms with Crippen LogP contribution in [-0.2, 0) is 6.54 Å². The minimum Gasteiger partial charge on any atom is -0.365 e. The van der Waals surface area contributed by atoms with Gasteiger partial charge in [0.15, 0.2) is 0 Å². The summed E-state index contributed by atoms with van der Waals surface area (Å²) in [6.07, 6.45) is 3.35. The van der Waals surface area contributed by atoms with Crippen molar-refractivity contribution >= 4 is 23.1 Å². The van der Waals surface area contributed by atoms with Crippen LogP contribution in [0.2, 0.25) is 5.02 Å². The molecular weight excluding hydrogens is 388 g/mol. The molecule has 0 radical (unpaired) electrons. The van der Waals surface area contributed by atoms with Gasteiger partial charge in [0.05, 0.1) is 24.0 Å². The van der Waals surface area contributed by atoms with E-state index in [1.54, 1.807) is 24.5 Å². The molecule has 0 saturated carbocycles. The second-order valence-corrected chi connectivity index (χ2v) is 7.13. The molecule has 0 spiro atoms. The largest absolute Gasteiger partial charge is 0.365 e. The summed E-state index contributed by atoms with van der Waals surface area (Å²) in [6.45, 7) is 3.05. The highest BCUT2D eigenvalue weighted by Crippen LogP contribution is 2.24. The third-order valence-electron chi connectivity index (χ3n) is 4.97. The maximum Gasteiger partial charge on any atom is 0.287 e. The molecule has 3 heterocycles. The average molecular weight is 407 g/mol. The number of hydrogen-bond acceptors (Lipinski definition) is 6. The first-order valence-corrected chi connectivity index (χ1v) is 9.69. The Morgan fingerprint density at radius 2 is 1.76 bits per heavy atom. The van der Waals surface area contributed by atoms with Gasteiger partial charge in [-0.1, -0.05) is 41.9 Å². The smallest absolute Gasteiger partial charge is 0.287 e. The first-order chi connectivity index (χ1) is 14.2. The van der Waals surface area contributed by atoms with E-state index in [0.29, 0.717) is 49.8 Å². The number of benzene rings is 1. The van der Waals surface area contributed by atoms with Crippen molar-refractivity contribution in [2.24, 2.45) is 0 Å². The molecule has 1 aliphatic heterocycles. The molecule has 29 heavy (non-hydrogen) atoms. The first kappa shape index (κ1) is 19.0. The lowest BCUT2D eigenvalue weighted by Gasteiger charge is -2.37. The van der Waals surface area contributed by atoms with E-state index >= 15 is 0 Å². The fourth-order valence-corrected chi connectivity index (χ4v) is 3.71. The normalized spacial score (nSPS) is 13.9. The number of nitrogens with zero attached hydrogens (tertiary/aromatic N) is 6. The molecule has 0 N–H and O–H groups in total. The van der Waals surface area contributed by atoms with E-state index in [0.717, 1.165) is 5.56 Å². The molecule has 2 aromatic heterocycles. The van der Waals surface area contributed by atoms with E-state index in [9.17, 15) is 10.1 Å². The van der Waals surface area contributed by atoms with Gasteiger partial charge >= 0.3 is 0 Å². The van der Waals surface area contributed by atoms with Crippen molar-refractivity contribution in [2.75, 3.05) is 36.0 Å². The summed E-state index contributed by atoms with van der Waals surface area (Å²) in [5.41, 5.74) is 1.89. The van der Waals surface area contributed by atoms with Gasteiger partial charge in [-0.15, -0.1) is 0 Å². The van der Waals surface area contributed by atoms with Gasteiger partial charge in [-0.2, -0.15) is 10.4 Å². The maximum atomic E-state index is 12.7. The van der Waals surface area contributed by atoms with E-state index < -0.39 is 0 Å². The number of anilines is 2. The van der Waals surface area contributed by atoms with E-state index in [-0.39, 0.29) is 10.6 Å². The number of pyridine rings is 1. The van der Waals surface area contributed by atoms with Crippen LogP contribution in [0, 0.1) is 11.3 Å². The Balaban J connectivity index is 1.49. The Kier molecular flexibility index (Phi) is 5.45. The van der Waals surface area contributed by atoms with Crippen LogP contribution in [0.25, 0.3) is 0 Å². The third kappa shape index (κ3) is 3.93. The molecule has 0 unspecified atom stereocenters. The summed E-state index contributed by atoms with van der Waals surface area (Å²) >= 11 is 6.41. The third-order valence-corrected chi connectivity index (χ3v) is 5.32. The zero-order chi connectivity index (χ0) is 20.2. The fraction of sp³-hybridized carbons (Fsp3) is 0.238. The van der Waals surface area contributed by atoms with Crippen molar-refractivity contribution < 1.29 is 0 Å². The van der Waals surface area contributed by atoms with Crippen molar-refractivity contribution in [2.45, 2.75) is 6.54 Å². The SMILES string of the molecule is N#Cc1cccnc1N1CCN(c2cnn(Cc3ccccc3)c(=O)c2Cl)CC1. The lowest BCUT2D eigenvalue weighted by atomic mass is 10.2. The minimum atomic E-state index is -0.299. The topological polar surface area (TPSA) is 78.1 Å². The highest BCUT2D eigenvalue weighted by Gasteiger charge is 2.23. The van der Waals surface area contributed by atoms with Crippen LogP contribution in [0.1, 0.15) is 11.1 Å². The Morgan fingerprint density at radius 1 is 1.03 bits per heavy atom. The molecule has 0 bridgehead atoms. The zero-order valence-corrected chi connectivity index (χ0v) is 16.5. The van der Waals surface area contributed by atoms with Crippen LogP contribution in [0.5, 0.6) is 0 Å². The average Bonchev–Trinajstić information content (AvgIpc) is 2.78. The molecule has 3 aromatic rings. The fourth-order valence-electron chi connectivity index (χ4n) is 3.44. The van der Waals surface area contributed by atoms with Gasteiger partial charge in [-0.05, 0) is 17.7 Å². The van der Waals surface area contributed by atoms with Gasteiger partial charge in [-0.25, -0.2) is 9.67 Å². The minimum absolute atomic E-state index is 0.180. The lowest BCUT2D eigenvalue weighted by molar-refractivity contribution is 0.620. The van der Waals surface area contributed by atoms with E-state index in [1.807, 2.05) is 30.3 Å². The second-order valence-electron chi connectivity index (χ2n) is 6.75. The van der Waals surface area contributed by atoms with Crippen LogP contribution in [0.4, 0.5) is 11.5 Å². The summed E-state index contributed by atoms with van der Waals surface area (Å²) in [4.78, 5) is 21.2. The number of rotatable bonds is 4. The van der Waals surface area contributed by atoms with Crippen LogP contribution < -0.4 is 15.4 Å². The number of piperazine rings is 1. The summed E-state index contributed by atoms with van der Waals surface area (Å²) < 4.78 is 1.38. The molecule has 1 fully saturated rings. The van der Waals surface area contributed by atoms with Gasteiger partial charge in [0.1, 0.15) is 16.9 Å². The molecule has 0 amide bonds. The number of aromatic nitrogens is 3. The number of hydrogen-bond donors (Lipinski definition) is 0. The summed E-state index contributed by atoms with van der Waals surface area (Å²) in [6, 6.07) is 15.4. The molecule has 8 heteroatoms. The monoisotopic (exact) mass is 406 g/mol. The summed E-state index contributed by atoms with van der Waals surface area (Å²) in [5.74, 6) is 0.692. The van der Waals surface area contributed by atoms with Crippen LogP contribution in [0.3, 0.4) is 0 Å². The Hall–Kier alpha value is -3.37. The van der Waals surface area contributed by atoms with E-state index in [1.165, 1.54) is 4.68 Å². The van der Waals surface area contributed by atoms with Gasteiger partial charge in [0.2, 0.25) is 0 Å². The molecule has 1 aliphatic rings. The molecule has 1 aromatic carbocycles. The van der Waals surface area contributed by atoms with Gasteiger partial charge in [0.25, 0.3) is 5.56 Å². The first-order valence-electron chi connectivity index (χ1n) is 9.32. The molecule has 1 saturated heterocycles. The van der Waals surface area contributed by atoms with E-state index in [4.69, 9.17) is 11.6 Å². The van der Waals surface area contributed by atoms with Crippen LogP contribution in [-0.4, -0.2) is 40.9 Å². The summed E-state index contributed by atoms with van der Waals surface area (Å²) in [7, 11) is 0. The van der Waals surface area contributed by atoms with Crippen molar-refractivity contribution in [1.29, 1.82) is 5.26 Å². The highest BCUT2D eigenvalue weighted by molar-refractivity contribution is 6.33. The zero-order valence-electron chi connectivity index (χ0n) is 15.7. The van der Waals surface area contributed by atoms with E-state index in [2.05, 4.69) is 26.0 Å². The maximum absolute atomic E-state index is 12.7. The summed E-state index contributed by atoms with van der Waals surface area (Å²) in [5, 5.41) is 13.8. The van der Waals surface area contributed by atoms with Crippen molar-refractivity contribution in [1.82, 2.24) is 14.8 Å². The number of nitriles is 1. The molecule has 146 valence electrons. The van der Waals surface area contributed by atoms with Crippen molar-refractivity contribution in [3.05, 3.63) is 81.4 Å². The van der Waals surface area contributed by atoms with Crippen LogP contribution >= 0.6 is 11.6 Å². The van der Waals surface area contributed by atoms with Gasteiger partial charge < -0.3 is 9.80 Å². The Bertz CT molecular complexity index is 1100. The standard InChI is InChI=1S/C21H19ClN6O/c22-19-18(14-25-28(21(19)29)15-16-5-2-1-3-6-16)26-9-11-27(12-10-26)20-17(13-23)7-4-8-24-20/h1-8,14H,9-12,15H2.